The molecule has 0 N–H and O–H groups in total. The van der Waals surface area contributed by atoms with E-state index in [0.717, 1.165) is 12.5 Å². The van der Waals surface area contributed by atoms with Crippen LogP contribution in [-0.4, -0.2) is 16.4 Å². The van der Waals surface area contributed by atoms with Gasteiger partial charge in [-0.2, -0.15) is 0 Å². The van der Waals surface area contributed by atoms with Gasteiger partial charge in [0.1, 0.15) is 6.10 Å². The fourth-order valence-electron chi connectivity index (χ4n) is 2.30. The van der Waals surface area contributed by atoms with Gasteiger partial charge in [0.2, 0.25) is 5.75 Å². The number of hydrogen-bond donors (Lipinski definition) is 0. The molecule has 0 aliphatic heterocycles. The number of hydrogen-bond acceptors (Lipinski definition) is 3. The van der Waals surface area contributed by atoms with Gasteiger partial charge < -0.3 is 4.74 Å². The van der Waals surface area contributed by atoms with E-state index < -0.39 is 10.7 Å². The van der Waals surface area contributed by atoms with E-state index in [1.54, 1.807) is 0 Å². The van der Waals surface area contributed by atoms with Crippen LogP contribution in [-0.2, 0) is 0 Å². The molecule has 0 heterocycles. The van der Waals surface area contributed by atoms with Crippen molar-refractivity contribution < 1.29 is 14.1 Å². The van der Waals surface area contributed by atoms with Crippen LogP contribution in [0, 0.1) is 21.3 Å². The highest BCUT2D eigenvalue weighted by Crippen LogP contribution is 2.50. The second kappa shape index (κ2) is 4.96. The molecule has 4 nitrogen and oxygen atoms in total. The number of ether oxygens (including phenoxy) is 1. The molecule has 0 saturated heterocycles. The van der Waals surface area contributed by atoms with Crippen LogP contribution < -0.4 is 4.74 Å². The molecule has 104 valence electrons. The number of nitro benzene ring substituents is 1. The number of halogens is 2. The van der Waals surface area contributed by atoms with Gasteiger partial charge in [-0.3, -0.25) is 10.1 Å². The molecule has 1 saturated carbocycles. The molecule has 2 rings (SSSR count). The van der Waals surface area contributed by atoms with Gasteiger partial charge in [-0.15, -0.1) is 11.6 Å². The summed E-state index contributed by atoms with van der Waals surface area (Å²) in [7, 11) is 0. The predicted molar refractivity (Wildman–Crippen MR) is 70.1 cm³/mol. The zero-order valence-corrected chi connectivity index (χ0v) is 11.5. The first-order valence-electron chi connectivity index (χ1n) is 6.13. The van der Waals surface area contributed by atoms with E-state index in [1.807, 2.05) is 13.8 Å². The minimum Gasteiger partial charge on any atom is -0.481 e. The lowest BCUT2D eigenvalue weighted by Gasteiger charge is -2.50. The van der Waals surface area contributed by atoms with E-state index in [2.05, 4.69) is 0 Å². The average molecular weight is 288 g/mol. The van der Waals surface area contributed by atoms with Crippen LogP contribution in [0.5, 0.6) is 5.75 Å². The lowest BCUT2D eigenvalue weighted by molar-refractivity contribution is -0.386. The largest absolute Gasteiger partial charge is 0.481 e. The first-order chi connectivity index (χ1) is 8.90. The van der Waals surface area contributed by atoms with Gasteiger partial charge in [0.25, 0.3) is 0 Å². The van der Waals surface area contributed by atoms with Gasteiger partial charge in [0, 0.05) is 23.3 Å². The normalized spacial score (nSPS) is 29.7. The van der Waals surface area contributed by atoms with Crippen molar-refractivity contribution in [3.05, 3.63) is 34.1 Å². The molecule has 1 aromatic carbocycles. The Morgan fingerprint density at radius 3 is 2.84 bits per heavy atom. The summed E-state index contributed by atoms with van der Waals surface area (Å²) < 4.78 is 19.3. The summed E-state index contributed by atoms with van der Waals surface area (Å²) in [5.41, 5.74) is -0.631. The maximum atomic E-state index is 13.7. The van der Waals surface area contributed by atoms with Crippen LogP contribution in [0.4, 0.5) is 10.1 Å². The lowest BCUT2D eigenvalue weighted by Crippen LogP contribution is -2.55. The summed E-state index contributed by atoms with van der Waals surface area (Å²) in [5.74, 6) is -1.01. The monoisotopic (exact) mass is 287 g/mol. The van der Waals surface area contributed by atoms with Crippen LogP contribution in [0.15, 0.2) is 18.2 Å². The number of rotatable bonds is 4. The standard InChI is InChI=1S/C13H15ClFNO3/c1-3-13(2)10(14)7-11(13)19-12-8(15)5-4-6-9(12)16(17)18/h4-6,10-11H,3,7H2,1-2H3. The minimum atomic E-state index is -0.717. The zero-order chi connectivity index (χ0) is 14.2. The Bertz CT molecular complexity index is 511. The Kier molecular flexibility index (Phi) is 3.67. The fourth-order valence-corrected chi connectivity index (χ4v) is 2.76. The molecule has 1 aliphatic carbocycles. The summed E-state index contributed by atoms with van der Waals surface area (Å²) in [6.45, 7) is 3.92. The third-order valence-corrected chi connectivity index (χ3v) is 4.71. The van der Waals surface area contributed by atoms with Gasteiger partial charge in [-0.25, -0.2) is 4.39 Å². The Labute approximate surface area is 115 Å². The molecule has 1 fully saturated rings. The molecule has 1 aromatic rings. The zero-order valence-electron chi connectivity index (χ0n) is 10.7. The Balaban J connectivity index is 2.28. The highest BCUT2D eigenvalue weighted by Gasteiger charge is 2.52. The van der Waals surface area contributed by atoms with E-state index in [9.17, 15) is 14.5 Å². The first kappa shape index (κ1) is 14.1. The Morgan fingerprint density at radius 2 is 2.32 bits per heavy atom. The van der Waals surface area contributed by atoms with E-state index in [1.165, 1.54) is 12.1 Å². The maximum absolute atomic E-state index is 13.7. The van der Waals surface area contributed by atoms with Crippen molar-refractivity contribution >= 4 is 17.3 Å². The van der Waals surface area contributed by atoms with Crippen LogP contribution >= 0.6 is 11.6 Å². The van der Waals surface area contributed by atoms with E-state index in [4.69, 9.17) is 16.3 Å². The predicted octanol–water partition coefficient (Wildman–Crippen LogP) is 3.91. The smallest absolute Gasteiger partial charge is 0.314 e. The second-order valence-corrected chi connectivity index (χ2v) is 5.54. The number of nitro groups is 1. The van der Waals surface area contributed by atoms with Gasteiger partial charge in [0.05, 0.1) is 4.92 Å². The quantitative estimate of drug-likeness (QED) is 0.479. The number of alkyl halides is 1. The van der Waals surface area contributed by atoms with Crippen molar-refractivity contribution in [3.8, 4) is 5.75 Å². The molecular formula is C13H15ClFNO3. The SMILES string of the molecule is CCC1(C)C(Cl)CC1Oc1c(F)cccc1[N+](=O)[O-]. The van der Waals surface area contributed by atoms with Crippen LogP contribution in [0.3, 0.4) is 0 Å². The molecule has 0 spiro atoms. The lowest BCUT2D eigenvalue weighted by atomic mass is 9.65. The molecule has 1 aliphatic rings. The molecule has 0 amide bonds. The average Bonchev–Trinajstić information content (AvgIpc) is 2.38. The number of para-hydroxylation sites is 1. The van der Waals surface area contributed by atoms with Crippen molar-refractivity contribution in [1.29, 1.82) is 0 Å². The van der Waals surface area contributed by atoms with E-state index >= 15 is 0 Å². The third kappa shape index (κ3) is 2.27. The van der Waals surface area contributed by atoms with Crippen molar-refractivity contribution in [2.75, 3.05) is 0 Å². The number of nitrogens with zero attached hydrogens (tertiary/aromatic N) is 1. The van der Waals surface area contributed by atoms with Crippen molar-refractivity contribution in [1.82, 2.24) is 0 Å². The third-order valence-electron chi connectivity index (χ3n) is 4.04. The molecule has 6 heteroatoms. The summed E-state index contributed by atoms with van der Waals surface area (Å²) in [4.78, 5) is 10.2. The molecule has 3 unspecified atom stereocenters. The summed E-state index contributed by atoms with van der Waals surface area (Å²) >= 11 is 6.15. The minimum absolute atomic E-state index is 0.0478. The second-order valence-electron chi connectivity index (χ2n) is 5.01. The molecule has 19 heavy (non-hydrogen) atoms. The topological polar surface area (TPSA) is 52.4 Å². The molecular weight excluding hydrogens is 273 g/mol. The van der Waals surface area contributed by atoms with Crippen molar-refractivity contribution in [3.63, 3.8) is 0 Å². The summed E-state index contributed by atoms with van der Waals surface area (Å²) in [6.07, 6.45) is 1.04. The van der Waals surface area contributed by atoms with Gasteiger partial charge in [0.15, 0.2) is 5.82 Å². The Hall–Kier alpha value is -1.36. The molecule has 0 radical (unpaired) electrons. The first-order valence-corrected chi connectivity index (χ1v) is 6.57. The van der Waals surface area contributed by atoms with Gasteiger partial charge in [-0.05, 0) is 12.5 Å². The summed E-state index contributed by atoms with van der Waals surface area (Å²) in [5, 5.41) is 10.8. The summed E-state index contributed by atoms with van der Waals surface area (Å²) in [6, 6.07) is 3.69. The number of benzene rings is 1. The van der Waals surface area contributed by atoms with Crippen molar-refractivity contribution in [2.45, 2.75) is 38.2 Å². The van der Waals surface area contributed by atoms with E-state index in [-0.39, 0.29) is 28.3 Å². The van der Waals surface area contributed by atoms with Crippen LogP contribution in [0.25, 0.3) is 0 Å². The maximum Gasteiger partial charge on any atom is 0.314 e. The Morgan fingerprint density at radius 1 is 1.63 bits per heavy atom. The van der Waals surface area contributed by atoms with Gasteiger partial charge >= 0.3 is 5.69 Å². The highest BCUT2D eigenvalue weighted by molar-refractivity contribution is 6.21. The fraction of sp³-hybridized carbons (Fsp3) is 0.538. The van der Waals surface area contributed by atoms with Crippen LogP contribution in [0.1, 0.15) is 26.7 Å². The van der Waals surface area contributed by atoms with Gasteiger partial charge in [-0.1, -0.05) is 19.9 Å². The molecule has 0 aromatic heterocycles. The van der Waals surface area contributed by atoms with Crippen LogP contribution in [0.2, 0.25) is 0 Å². The molecule has 0 bridgehead atoms. The van der Waals surface area contributed by atoms with E-state index in [0.29, 0.717) is 6.42 Å². The molecule has 3 atom stereocenters. The highest BCUT2D eigenvalue weighted by atomic mass is 35.5. The van der Waals surface area contributed by atoms with Crippen molar-refractivity contribution in [2.24, 2.45) is 5.41 Å².